The van der Waals surface area contributed by atoms with Crippen LogP contribution in [0.25, 0.3) is 22.6 Å². The fourth-order valence-electron chi connectivity index (χ4n) is 8.05. The molecule has 18 heteroatoms. The number of nitrogens with zero attached hydrogens (tertiary/aromatic N) is 3. The van der Waals surface area contributed by atoms with Crippen LogP contribution in [0.1, 0.15) is 57.1 Å². The molecule has 10 rings (SSSR count). The molecule has 0 bridgehead atoms. The van der Waals surface area contributed by atoms with E-state index in [4.69, 9.17) is 43.2 Å². The van der Waals surface area contributed by atoms with Gasteiger partial charge in [0, 0.05) is 67.3 Å². The van der Waals surface area contributed by atoms with Gasteiger partial charge >= 0.3 is 0 Å². The Morgan fingerprint density at radius 2 is 0.805 bits per heavy atom. The van der Waals surface area contributed by atoms with E-state index in [1.165, 1.54) is 30.3 Å². The summed E-state index contributed by atoms with van der Waals surface area (Å²) < 4.78 is 48.7. The number of carbonyl (C=O) groups excluding carboxylic acids is 2. The summed E-state index contributed by atoms with van der Waals surface area (Å²) in [4.78, 5) is 35.6. The van der Waals surface area contributed by atoms with Crippen molar-refractivity contribution in [2.75, 3.05) is 18.8 Å². The molecule has 0 atom stereocenters. The van der Waals surface area contributed by atoms with Crippen LogP contribution in [0.3, 0.4) is 0 Å². The summed E-state index contributed by atoms with van der Waals surface area (Å²) >= 11 is 0. The van der Waals surface area contributed by atoms with Gasteiger partial charge in [-0.25, -0.2) is 0 Å². The molecule has 2 amide bonds. The Labute approximate surface area is 472 Å². The van der Waals surface area contributed by atoms with Gasteiger partial charge in [-0.05, 0) is 72.5 Å². The van der Waals surface area contributed by atoms with E-state index in [1.54, 1.807) is 61.5 Å². The first-order valence-electron chi connectivity index (χ1n) is 26.1. The largest absolute Gasteiger partial charge is 0.489 e. The quantitative estimate of drug-likeness (QED) is 0.0307. The summed E-state index contributed by atoms with van der Waals surface area (Å²) in [7, 11) is 0. The highest BCUT2D eigenvalue weighted by atomic mass is 16.6. The minimum atomic E-state index is -0.486. The third-order valence-electron chi connectivity index (χ3n) is 12.1. The average Bonchev–Trinajstić information content (AvgIpc) is 4.37. The highest BCUT2D eigenvalue weighted by molar-refractivity contribution is 5.94. The van der Waals surface area contributed by atoms with Gasteiger partial charge in [-0.15, -0.1) is 0 Å². The number of nitro groups is 1. The Kier molecular flexibility index (Phi) is 18.8. The van der Waals surface area contributed by atoms with Gasteiger partial charge in [-0.2, -0.15) is 0 Å². The zero-order valence-electron chi connectivity index (χ0n) is 44.7. The maximum atomic E-state index is 12.5. The van der Waals surface area contributed by atoms with Crippen molar-refractivity contribution in [2.45, 2.75) is 40.3 Å². The predicted octanol–water partition coefficient (Wildman–Crippen LogP) is 13.6. The van der Waals surface area contributed by atoms with Crippen LogP contribution in [0.5, 0.6) is 46.0 Å². The summed E-state index contributed by atoms with van der Waals surface area (Å²) in [5.41, 5.74) is 11.4. The van der Waals surface area contributed by atoms with Crippen LogP contribution in [0, 0.1) is 10.1 Å². The summed E-state index contributed by atoms with van der Waals surface area (Å²) in [6.07, 6.45) is 0. The Morgan fingerprint density at radius 1 is 0.463 bits per heavy atom. The lowest BCUT2D eigenvalue weighted by atomic mass is 10.1. The first kappa shape index (κ1) is 55.9. The number of non-ortho nitro benzene ring substituents is 1. The van der Waals surface area contributed by atoms with Crippen LogP contribution < -0.4 is 44.8 Å². The van der Waals surface area contributed by atoms with Gasteiger partial charge in [0.2, 0.25) is 0 Å². The predicted molar refractivity (Wildman–Crippen MR) is 307 cm³/mol. The second-order valence-corrected chi connectivity index (χ2v) is 18.1. The first-order chi connectivity index (χ1) is 40.1. The normalized spacial score (nSPS) is 10.6. The van der Waals surface area contributed by atoms with Gasteiger partial charge in [0.15, 0.2) is 22.9 Å². The van der Waals surface area contributed by atoms with Crippen molar-refractivity contribution in [3.63, 3.8) is 0 Å². The minimum absolute atomic E-state index is 0.0729. The van der Waals surface area contributed by atoms with Crippen molar-refractivity contribution < 1.29 is 52.0 Å². The van der Waals surface area contributed by atoms with E-state index >= 15 is 0 Å². The van der Waals surface area contributed by atoms with Crippen LogP contribution in [0.15, 0.2) is 215 Å². The Morgan fingerprint density at radius 3 is 1.16 bits per heavy atom. The van der Waals surface area contributed by atoms with E-state index in [9.17, 15) is 19.7 Å². The van der Waals surface area contributed by atoms with Gasteiger partial charge in [0.25, 0.3) is 17.5 Å². The molecule has 0 saturated carbocycles. The average molecular weight is 1100 g/mol. The third kappa shape index (κ3) is 15.2. The maximum Gasteiger partial charge on any atom is 0.273 e. The summed E-state index contributed by atoms with van der Waals surface area (Å²) in [6.45, 7) is 5.68. The molecule has 2 heterocycles. The molecule has 0 radical (unpaired) electrons. The van der Waals surface area contributed by atoms with E-state index in [-0.39, 0.29) is 53.6 Å². The lowest BCUT2D eigenvalue weighted by Crippen LogP contribution is -2.22. The van der Waals surface area contributed by atoms with E-state index in [0.29, 0.717) is 89.1 Å². The van der Waals surface area contributed by atoms with Gasteiger partial charge in [0.1, 0.15) is 83.6 Å². The molecule has 0 fully saturated rings. The van der Waals surface area contributed by atoms with Crippen LogP contribution in [0.2, 0.25) is 0 Å². The second-order valence-electron chi connectivity index (χ2n) is 18.1. The summed E-state index contributed by atoms with van der Waals surface area (Å²) in [5, 5.41) is 24.5. The van der Waals surface area contributed by atoms with Crippen molar-refractivity contribution in [3.05, 3.63) is 250 Å². The van der Waals surface area contributed by atoms with Gasteiger partial charge < -0.3 is 53.8 Å². The fraction of sp³-hybridized carbons (Fsp3) is 0.125. The topological polar surface area (TPSA) is 235 Å². The standard InChI is InChI=1S/C32H27N3O7.C32H29N3O5/c1-2-33-32(36)27-19-30(42-34-27)31-28(40-21-23-11-7-4-8-12-23)17-26(39-20-22-9-5-3-6-10-22)18-29(31)41-25-15-13-24(14-16-25)35(37)38;1-2-34-32(36)27-19-30(40-35-27)31-28(38-21-23-11-7-4-8-12-23)17-26(37-20-22-9-5-3-6-10-22)18-29(31)39-25-15-13-24(33)14-16-25/h3-19H,2,20-21H2,1H3,(H,33,36);3-19H,2,20-21,33H2,1H3,(H,34,36). The van der Waals surface area contributed by atoms with Crippen LogP contribution in [-0.4, -0.2) is 40.1 Å². The molecule has 0 aliphatic rings. The van der Waals surface area contributed by atoms with Gasteiger partial charge in [-0.1, -0.05) is 132 Å². The highest BCUT2D eigenvalue weighted by Gasteiger charge is 2.26. The van der Waals surface area contributed by atoms with Crippen LogP contribution in [0.4, 0.5) is 11.4 Å². The van der Waals surface area contributed by atoms with Crippen LogP contribution in [-0.2, 0) is 26.4 Å². The molecule has 2 aromatic heterocycles. The number of aromatic nitrogens is 2. The first-order valence-corrected chi connectivity index (χ1v) is 26.1. The van der Waals surface area contributed by atoms with Gasteiger partial charge in [0.05, 0.1) is 4.92 Å². The lowest BCUT2D eigenvalue weighted by molar-refractivity contribution is -0.384. The smallest absolute Gasteiger partial charge is 0.273 e. The summed E-state index contributed by atoms with van der Waals surface area (Å²) in [5.74, 6) is 3.15. The molecule has 18 nitrogen and oxygen atoms in total. The molecular formula is C64H56N6O12. The number of rotatable bonds is 23. The van der Waals surface area contributed by atoms with Gasteiger partial charge in [-0.3, -0.25) is 19.7 Å². The van der Waals surface area contributed by atoms with E-state index in [0.717, 1.165) is 22.3 Å². The fourth-order valence-corrected chi connectivity index (χ4v) is 8.05. The molecule has 0 aliphatic heterocycles. The summed E-state index contributed by atoms with van der Waals surface area (Å²) in [6, 6.07) is 61.7. The minimum Gasteiger partial charge on any atom is -0.489 e. The number of ether oxygens (including phenoxy) is 6. The number of nitrogen functional groups attached to an aromatic ring is 1. The number of hydrogen-bond acceptors (Lipinski definition) is 15. The third-order valence-corrected chi connectivity index (χ3v) is 12.1. The van der Waals surface area contributed by atoms with E-state index in [1.807, 2.05) is 128 Å². The molecule has 414 valence electrons. The van der Waals surface area contributed by atoms with Crippen molar-refractivity contribution in [3.8, 4) is 68.6 Å². The number of hydrogen-bond donors (Lipinski definition) is 3. The molecule has 0 aliphatic carbocycles. The van der Waals surface area contributed by atoms with E-state index in [2.05, 4.69) is 20.9 Å². The molecule has 4 N–H and O–H groups in total. The Balaban J connectivity index is 0.000000198. The number of amides is 2. The number of nitrogens with one attached hydrogen (secondary N) is 2. The zero-order valence-corrected chi connectivity index (χ0v) is 44.7. The van der Waals surface area contributed by atoms with Crippen molar-refractivity contribution in [2.24, 2.45) is 0 Å². The van der Waals surface area contributed by atoms with E-state index < -0.39 is 4.92 Å². The lowest BCUT2D eigenvalue weighted by Gasteiger charge is -2.17. The molecule has 82 heavy (non-hydrogen) atoms. The molecule has 10 aromatic rings. The molecule has 0 saturated heterocycles. The van der Waals surface area contributed by atoms with Crippen molar-refractivity contribution in [1.82, 2.24) is 20.9 Å². The number of carbonyl (C=O) groups is 2. The monoisotopic (exact) mass is 1100 g/mol. The SMILES string of the molecule is CCNC(=O)c1cc(-c2c(OCc3ccccc3)cc(OCc3ccccc3)cc2Oc2ccc(N)cc2)on1.CCNC(=O)c1cc(-c2c(OCc3ccccc3)cc(OCc3ccccc3)cc2Oc2ccc([N+](=O)[O-])cc2)on1. The molecule has 0 unspecified atom stereocenters. The number of nitrogens with two attached hydrogens (primary N) is 1. The zero-order chi connectivity index (χ0) is 57.0. The molecular weight excluding hydrogens is 1040 g/mol. The van der Waals surface area contributed by atoms with Crippen molar-refractivity contribution in [1.29, 1.82) is 0 Å². The second kappa shape index (κ2) is 27.6. The van der Waals surface area contributed by atoms with Crippen molar-refractivity contribution >= 4 is 23.2 Å². The highest BCUT2D eigenvalue weighted by Crippen LogP contribution is 2.46. The number of nitro benzene ring substituents is 1. The Bertz CT molecular complexity index is 3690. The van der Waals surface area contributed by atoms with Crippen LogP contribution >= 0.6 is 0 Å². The molecule has 8 aromatic carbocycles. The number of anilines is 1. The number of benzene rings is 8. The molecule has 0 spiro atoms. The maximum absolute atomic E-state index is 12.5. The Hall–Kier alpha value is -10.9.